The highest BCUT2D eigenvalue weighted by molar-refractivity contribution is 9.09. The highest BCUT2D eigenvalue weighted by Crippen LogP contribution is 2.12. The van der Waals surface area contributed by atoms with Gasteiger partial charge < -0.3 is 15.2 Å². The van der Waals surface area contributed by atoms with E-state index in [9.17, 15) is 9.59 Å². The molecule has 128 valence electrons. The molecule has 0 fully saturated rings. The lowest BCUT2D eigenvalue weighted by Crippen LogP contribution is -2.40. The molecule has 0 aromatic heterocycles. The molecule has 1 amide bonds. The fourth-order valence-corrected chi connectivity index (χ4v) is 2.37. The zero-order chi connectivity index (χ0) is 17.5. The van der Waals surface area contributed by atoms with Gasteiger partial charge in [-0.05, 0) is 39.2 Å². The van der Waals surface area contributed by atoms with E-state index in [0.717, 1.165) is 5.56 Å². The topological polar surface area (TPSA) is 75.6 Å². The number of nitrogens with one attached hydrogen (secondary N) is 1. The fraction of sp³-hybridized carbons (Fsp3) is 0.529. The number of aliphatic hydroxyl groups excluding tert-OH is 1. The molecule has 0 radical (unpaired) electrons. The molecule has 2 N–H and O–H groups in total. The maximum atomic E-state index is 11.9. The van der Waals surface area contributed by atoms with Gasteiger partial charge in [0.15, 0.2) is 5.78 Å². The summed E-state index contributed by atoms with van der Waals surface area (Å²) in [6.07, 6.45) is 0.492. The van der Waals surface area contributed by atoms with Crippen molar-refractivity contribution in [1.82, 2.24) is 5.32 Å². The fourth-order valence-electron chi connectivity index (χ4n) is 2.04. The van der Waals surface area contributed by atoms with Gasteiger partial charge in [-0.1, -0.05) is 40.2 Å². The largest absolute Gasteiger partial charge is 0.444 e. The molecule has 1 aromatic rings. The van der Waals surface area contributed by atoms with Crippen LogP contribution in [0.5, 0.6) is 0 Å². The lowest BCUT2D eigenvalue weighted by molar-refractivity contribution is 0.0497. The van der Waals surface area contributed by atoms with Crippen molar-refractivity contribution in [3.63, 3.8) is 0 Å². The highest BCUT2D eigenvalue weighted by atomic mass is 79.9. The van der Waals surface area contributed by atoms with Crippen LogP contribution in [0.15, 0.2) is 24.3 Å². The van der Waals surface area contributed by atoms with Crippen LogP contribution in [0.3, 0.4) is 0 Å². The normalized spacial score (nSPS) is 12.6. The number of Topliss-reactive ketones (excluding diaryl/α,β-unsaturated/α-hetero) is 1. The number of carbonyl (C=O) groups is 2. The van der Waals surface area contributed by atoms with Gasteiger partial charge in [0.1, 0.15) is 5.60 Å². The van der Waals surface area contributed by atoms with Crippen LogP contribution < -0.4 is 5.32 Å². The molecule has 0 saturated carbocycles. The number of amides is 1. The maximum Gasteiger partial charge on any atom is 0.407 e. The number of aliphatic hydroxyl groups is 1. The first kappa shape index (κ1) is 19.6. The zero-order valence-corrected chi connectivity index (χ0v) is 15.4. The molecular weight excluding hydrogens is 362 g/mol. The maximum absolute atomic E-state index is 11.9. The van der Waals surface area contributed by atoms with Crippen molar-refractivity contribution in [3.8, 4) is 0 Å². The van der Waals surface area contributed by atoms with Crippen molar-refractivity contribution in [2.75, 3.05) is 11.9 Å². The van der Waals surface area contributed by atoms with Crippen molar-refractivity contribution in [3.05, 3.63) is 35.4 Å². The molecule has 5 nitrogen and oxygen atoms in total. The summed E-state index contributed by atoms with van der Waals surface area (Å²) >= 11 is 3.14. The first-order valence-corrected chi connectivity index (χ1v) is 8.66. The van der Waals surface area contributed by atoms with Gasteiger partial charge in [-0.25, -0.2) is 4.79 Å². The molecular formula is C17H24BrNO4. The van der Waals surface area contributed by atoms with E-state index in [1.807, 2.05) is 12.1 Å². The molecule has 0 bridgehead atoms. The van der Waals surface area contributed by atoms with Crippen molar-refractivity contribution < 1.29 is 19.4 Å². The van der Waals surface area contributed by atoms with Gasteiger partial charge in [0.05, 0.1) is 5.33 Å². The summed E-state index contributed by atoms with van der Waals surface area (Å²) in [5.41, 5.74) is 1.06. The van der Waals surface area contributed by atoms with Crippen LogP contribution >= 0.6 is 15.9 Å². The standard InChI is InChI=1S/C17H24BrNO4/c1-17(2,3)23-16(22)19-14(8-9-20)10-12-4-6-13(7-5-12)15(21)11-18/h4-7,14,20H,8-11H2,1-3H3,(H,19,22). The Bertz CT molecular complexity index is 522. The predicted octanol–water partition coefficient (Wildman–Crippen LogP) is 3.08. The van der Waals surface area contributed by atoms with Crippen molar-refractivity contribution in [1.29, 1.82) is 0 Å². The van der Waals surface area contributed by atoms with Gasteiger partial charge in [-0.15, -0.1) is 0 Å². The van der Waals surface area contributed by atoms with Crippen LogP contribution in [0.4, 0.5) is 4.79 Å². The molecule has 1 rings (SSSR count). The third-order valence-corrected chi connectivity index (χ3v) is 3.59. The van der Waals surface area contributed by atoms with Crippen LogP contribution in [-0.2, 0) is 11.2 Å². The van der Waals surface area contributed by atoms with Crippen molar-refractivity contribution >= 4 is 27.8 Å². The summed E-state index contributed by atoms with van der Waals surface area (Å²) in [7, 11) is 0. The summed E-state index contributed by atoms with van der Waals surface area (Å²) in [6, 6.07) is 7.02. The van der Waals surface area contributed by atoms with E-state index >= 15 is 0 Å². The van der Waals surface area contributed by atoms with Gasteiger partial charge >= 0.3 is 6.09 Å². The minimum atomic E-state index is -0.564. The smallest absolute Gasteiger partial charge is 0.407 e. The average Bonchev–Trinajstić information content (AvgIpc) is 2.45. The zero-order valence-electron chi connectivity index (χ0n) is 13.8. The summed E-state index contributed by atoms with van der Waals surface area (Å²) in [6.45, 7) is 5.37. The number of benzene rings is 1. The molecule has 0 saturated heterocycles. The van der Waals surface area contributed by atoms with E-state index in [2.05, 4.69) is 21.2 Å². The van der Waals surface area contributed by atoms with E-state index in [0.29, 0.717) is 23.7 Å². The molecule has 1 unspecified atom stereocenters. The molecule has 6 heteroatoms. The molecule has 0 spiro atoms. The molecule has 1 atom stereocenters. The molecule has 23 heavy (non-hydrogen) atoms. The predicted molar refractivity (Wildman–Crippen MR) is 93.1 cm³/mol. The second kappa shape index (κ2) is 9.03. The minimum absolute atomic E-state index is 0.0235. The Morgan fingerprint density at radius 3 is 2.35 bits per heavy atom. The second-order valence-corrected chi connectivity index (χ2v) is 6.87. The van der Waals surface area contributed by atoms with E-state index < -0.39 is 11.7 Å². The number of halogens is 1. The Kier molecular flexibility index (Phi) is 7.72. The Hall–Kier alpha value is -1.40. The van der Waals surface area contributed by atoms with Gasteiger partial charge in [0, 0.05) is 18.2 Å². The number of alkyl halides is 1. The second-order valence-electron chi connectivity index (χ2n) is 6.31. The van der Waals surface area contributed by atoms with Crippen LogP contribution in [0.25, 0.3) is 0 Å². The van der Waals surface area contributed by atoms with E-state index in [1.165, 1.54) is 0 Å². The van der Waals surface area contributed by atoms with Gasteiger partial charge in [-0.2, -0.15) is 0 Å². The Balaban J connectivity index is 2.68. The van der Waals surface area contributed by atoms with Crippen molar-refractivity contribution in [2.24, 2.45) is 0 Å². The number of alkyl carbamates (subject to hydrolysis) is 1. The van der Waals surface area contributed by atoms with Crippen LogP contribution in [-0.4, -0.2) is 40.6 Å². The summed E-state index contributed by atoms with van der Waals surface area (Å²) < 4.78 is 5.24. The number of rotatable bonds is 7. The molecule has 0 heterocycles. The van der Waals surface area contributed by atoms with E-state index in [4.69, 9.17) is 9.84 Å². The van der Waals surface area contributed by atoms with Gasteiger partial charge in [-0.3, -0.25) is 4.79 Å². The number of hydrogen-bond acceptors (Lipinski definition) is 4. The first-order chi connectivity index (χ1) is 10.7. The SMILES string of the molecule is CC(C)(C)OC(=O)NC(CCO)Cc1ccc(C(=O)CBr)cc1. The number of ketones is 1. The minimum Gasteiger partial charge on any atom is -0.444 e. The molecule has 0 aliphatic carbocycles. The summed E-state index contributed by atoms with van der Waals surface area (Å²) in [5.74, 6) is 0.0235. The Labute approximate surface area is 145 Å². The van der Waals surface area contributed by atoms with Crippen LogP contribution in [0.2, 0.25) is 0 Å². The average molecular weight is 386 g/mol. The molecule has 0 aliphatic rings. The third-order valence-electron chi connectivity index (χ3n) is 3.08. The molecule has 0 aliphatic heterocycles. The Morgan fingerprint density at radius 2 is 1.87 bits per heavy atom. The van der Waals surface area contributed by atoms with Gasteiger partial charge in [0.2, 0.25) is 0 Å². The van der Waals surface area contributed by atoms with Gasteiger partial charge in [0.25, 0.3) is 0 Å². The number of ether oxygens (including phenoxy) is 1. The number of carbonyl (C=O) groups excluding carboxylic acids is 2. The van der Waals surface area contributed by atoms with E-state index in [1.54, 1.807) is 32.9 Å². The third kappa shape index (κ3) is 7.61. The van der Waals surface area contributed by atoms with Crippen LogP contribution in [0, 0.1) is 0 Å². The quantitative estimate of drug-likeness (QED) is 0.558. The Morgan fingerprint density at radius 1 is 1.26 bits per heavy atom. The summed E-state index contributed by atoms with van der Waals surface area (Å²) in [4.78, 5) is 23.4. The first-order valence-electron chi connectivity index (χ1n) is 7.53. The number of hydrogen-bond donors (Lipinski definition) is 2. The molecule has 1 aromatic carbocycles. The summed E-state index contributed by atoms with van der Waals surface area (Å²) in [5, 5.41) is 12.2. The van der Waals surface area contributed by atoms with Crippen LogP contribution in [0.1, 0.15) is 43.1 Å². The highest BCUT2D eigenvalue weighted by Gasteiger charge is 2.19. The lowest BCUT2D eigenvalue weighted by Gasteiger charge is -2.23. The van der Waals surface area contributed by atoms with E-state index in [-0.39, 0.29) is 18.4 Å². The monoisotopic (exact) mass is 385 g/mol. The lowest BCUT2D eigenvalue weighted by atomic mass is 10.0. The van der Waals surface area contributed by atoms with Crippen molar-refractivity contribution in [2.45, 2.75) is 45.3 Å².